The summed E-state index contributed by atoms with van der Waals surface area (Å²) in [5.41, 5.74) is 4.05. The van der Waals surface area contributed by atoms with Gasteiger partial charge in [-0.1, -0.05) is 50.0 Å². The molecule has 3 N–H and O–H groups in total. The number of carbonyl (C=O) groups is 1. The number of rotatable bonds is 2. The fourth-order valence-corrected chi connectivity index (χ4v) is 4.15. The zero-order valence-corrected chi connectivity index (χ0v) is 16.8. The Morgan fingerprint density at radius 2 is 1.97 bits per heavy atom. The number of aliphatic imine (C=N–C) groups is 1. The van der Waals surface area contributed by atoms with Gasteiger partial charge in [0.2, 0.25) is 0 Å². The predicted molar refractivity (Wildman–Crippen MR) is 119 cm³/mol. The molecule has 0 spiro atoms. The van der Waals surface area contributed by atoms with Gasteiger partial charge < -0.3 is 15.7 Å². The molecule has 0 aromatic heterocycles. The van der Waals surface area contributed by atoms with E-state index in [1.807, 2.05) is 30.4 Å². The summed E-state index contributed by atoms with van der Waals surface area (Å²) in [6, 6.07) is 5.97. The van der Waals surface area contributed by atoms with Gasteiger partial charge in [-0.05, 0) is 43.4 Å². The second-order valence-electron chi connectivity index (χ2n) is 7.97. The minimum absolute atomic E-state index is 0.0280. The van der Waals surface area contributed by atoms with Crippen molar-refractivity contribution in [3.63, 3.8) is 0 Å². The first-order valence-corrected chi connectivity index (χ1v) is 10.7. The number of dihydropyridines is 1. The van der Waals surface area contributed by atoms with E-state index in [2.05, 4.69) is 21.7 Å². The maximum absolute atomic E-state index is 12.8. The van der Waals surface area contributed by atoms with Crippen LogP contribution in [0.25, 0.3) is 0 Å². The molecule has 2 heterocycles. The SMILES string of the molecule is O=C(Nc1ccc2c(c1)NCCCCCCCC2)C1=C(O)C2=CC=CCC2N=C1. The number of hydrogen-bond donors (Lipinski definition) is 3. The lowest BCUT2D eigenvalue weighted by Gasteiger charge is -2.22. The van der Waals surface area contributed by atoms with Gasteiger partial charge in [-0.25, -0.2) is 0 Å². The first-order valence-electron chi connectivity index (χ1n) is 10.7. The molecule has 1 aromatic carbocycles. The lowest BCUT2D eigenvalue weighted by Crippen LogP contribution is -2.25. The molecule has 152 valence electrons. The van der Waals surface area contributed by atoms with E-state index in [9.17, 15) is 9.90 Å². The third-order valence-corrected chi connectivity index (χ3v) is 5.84. The summed E-state index contributed by atoms with van der Waals surface area (Å²) in [5, 5.41) is 17.0. The van der Waals surface area contributed by atoms with Crippen LogP contribution >= 0.6 is 0 Å². The van der Waals surface area contributed by atoms with E-state index in [1.165, 1.54) is 43.9 Å². The lowest BCUT2D eigenvalue weighted by atomic mass is 9.93. The quantitative estimate of drug-likeness (QED) is 0.658. The van der Waals surface area contributed by atoms with Gasteiger partial charge in [0, 0.05) is 29.7 Å². The predicted octanol–water partition coefficient (Wildman–Crippen LogP) is 5.09. The molecule has 0 saturated heterocycles. The molecule has 1 aliphatic carbocycles. The molecule has 1 amide bonds. The van der Waals surface area contributed by atoms with Crippen molar-refractivity contribution < 1.29 is 9.90 Å². The van der Waals surface area contributed by atoms with Crippen LogP contribution in [0.5, 0.6) is 0 Å². The van der Waals surface area contributed by atoms with Crippen LogP contribution in [0.2, 0.25) is 0 Å². The Hall–Kier alpha value is -2.82. The second kappa shape index (κ2) is 9.12. The molecule has 0 radical (unpaired) electrons. The van der Waals surface area contributed by atoms with Gasteiger partial charge in [0.05, 0.1) is 11.6 Å². The summed E-state index contributed by atoms with van der Waals surface area (Å²) in [5.74, 6) is -0.308. The molecule has 5 nitrogen and oxygen atoms in total. The van der Waals surface area contributed by atoms with Crippen LogP contribution in [0.1, 0.15) is 50.5 Å². The fourth-order valence-electron chi connectivity index (χ4n) is 4.15. The first kappa shape index (κ1) is 19.5. The second-order valence-corrected chi connectivity index (χ2v) is 7.97. The highest BCUT2D eigenvalue weighted by molar-refractivity contribution is 6.19. The van der Waals surface area contributed by atoms with Gasteiger partial charge in [0.15, 0.2) is 0 Å². The van der Waals surface area contributed by atoms with E-state index in [1.54, 1.807) is 0 Å². The molecule has 1 atom stereocenters. The number of carbonyl (C=O) groups excluding carboxylic acids is 1. The minimum atomic E-state index is -0.336. The third-order valence-electron chi connectivity index (χ3n) is 5.84. The van der Waals surface area contributed by atoms with E-state index >= 15 is 0 Å². The van der Waals surface area contributed by atoms with Crippen molar-refractivity contribution in [1.82, 2.24) is 0 Å². The summed E-state index contributed by atoms with van der Waals surface area (Å²) in [6.07, 6.45) is 16.6. The Bertz CT molecular complexity index is 895. The van der Waals surface area contributed by atoms with Crippen molar-refractivity contribution in [2.45, 2.75) is 57.4 Å². The van der Waals surface area contributed by atoms with Gasteiger partial charge >= 0.3 is 0 Å². The number of amides is 1. The topological polar surface area (TPSA) is 73.7 Å². The molecule has 1 aromatic rings. The summed E-state index contributed by atoms with van der Waals surface area (Å²) in [6.45, 7) is 0.950. The van der Waals surface area contributed by atoms with Gasteiger partial charge in [0.25, 0.3) is 5.91 Å². The third kappa shape index (κ3) is 4.61. The molecule has 2 aliphatic heterocycles. The average Bonchev–Trinajstić information content (AvgIpc) is 2.79. The molecular formula is C24H29N3O2. The zero-order valence-electron chi connectivity index (χ0n) is 16.8. The van der Waals surface area contributed by atoms with Crippen LogP contribution in [0.4, 0.5) is 11.4 Å². The molecular weight excluding hydrogens is 362 g/mol. The number of fused-ring (bicyclic) bond motifs is 2. The van der Waals surface area contributed by atoms with Crippen molar-refractivity contribution in [2.24, 2.45) is 4.99 Å². The number of benzene rings is 1. The highest BCUT2D eigenvalue weighted by atomic mass is 16.3. The van der Waals surface area contributed by atoms with E-state index in [4.69, 9.17) is 0 Å². The van der Waals surface area contributed by atoms with Crippen molar-refractivity contribution in [3.05, 3.63) is 58.9 Å². The highest BCUT2D eigenvalue weighted by Crippen LogP contribution is 2.29. The molecule has 3 aliphatic rings. The van der Waals surface area contributed by atoms with E-state index in [0.717, 1.165) is 37.2 Å². The summed E-state index contributed by atoms with van der Waals surface area (Å²) < 4.78 is 0. The minimum Gasteiger partial charge on any atom is -0.507 e. The fraction of sp³-hybridized carbons (Fsp3) is 0.417. The highest BCUT2D eigenvalue weighted by Gasteiger charge is 2.27. The lowest BCUT2D eigenvalue weighted by molar-refractivity contribution is -0.112. The Balaban J connectivity index is 1.51. The summed E-state index contributed by atoms with van der Waals surface area (Å²) in [4.78, 5) is 17.2. The van der Waals surface area contributed by atoms with Crippen LogP contribution in [0.15, 0.2) is 58.3 Å². The maximum atomic E-state index is 12.8. The molecule has 0 fully saturated rings. The number of hydrogen-bond acceptors (Lipinski definition) is 4. The Morgan fingerprint density at radius 1 is 1.14 bits per heavy atom. The first-order chi connectivity index (χ1) is 14.2. The number of aliphatic hydroxyl groups excluding tert-OH is 1. The van der Waals surface area contributed by atoms with Crippen molar-refractivity contribution in [1.29, 1.82) is 0 Å². The van der Waals surface area contributed by atoms with Gasteiger partial charge in [-0.2, -0.15) is 0 Å². The smallest absolute Gasteiger partial charge is 0.260 e. The largest absolute Gasteiger partial charge is 0.507 e. The standard InChI is InChI=1S/C24H29N3O2/c28-23-19-10-6-7-11-21(19)26-16-20(23)24(29)27-18-13-12-17-9-5-3-1-2-4-8-14-25-22(17)15-18/h6-7,10,12-13,15-16,21,25,28H,1-5,8-9,11,14H2,(H,27,29). The number of allylic oxidation sites excluding steroid dienone is 2. The van der Waals surface area contributed by atoms with Gasteiger partial charge in [0.1, 0.15) is 5.76 Å². The van der Waals surface area contributed by atoms with Crippen molar-refractivity contribution in [2.75, 3.05) is 17.2 Å². The number of anilines is 2. The van der Waals surface area contributed by atoms with Crippen molar-refractivity contribution in [3.8, 4) is 0 Å². The molecule has 1 unspecified atom stereocenters. The van der Waals surface area contributed by atoms with E-state index in [-0.39, 0.29) is 23.3 Å². The molecule has 29 heavy (non-hydrogen) atoms. The molecule has 0 saturated carbocycles. The number of aryl methyl sites for hydroxylation is 1. The zero-order chi connectivity index (χ0) is 20.1. The normalized spacial score (nSPS) is 21.9. The average molecular weight is 392 g/mol. The van der Waals surface area contributed by atoms with Crippen molar-refractivity contribution >= 4 is 23.5 Å². The molecule has 4 rings (SSSR count). The van der Waals surface area contributed by atoms with Crippen LogP contribution in [-0.2, 0) is 11.2 Å². The Labute approximate surface area is 172 Å². The van der Waals surface area contributed by atoms with E-state index < -0.39 is 0 Å². The summed E-state index contributed by atoms with van der Waals surface area (Å²) >= 11 is 0. The van der Waals surface area contributed by atoms with Crippen LogP contribution in [-0.4, -0.2) is 29.8 Å². The maximum Gasteiger partial charge on any atom is 0.260 e. The summed E-state index contributed by atoms with van der Waals surface area (Å²) in [7, 11) is 0. The number of nitrogens with zero attached hydrogens (tertiary/aromatic N) is 1. The van der Waals surface area contributed by atoms with Crippen LogP contribution in [0.3, 0.4) is 0 Å². The molecule has 5 heteroatoms. The van der Waals surface area contributed by atoms with E-state index in [0.29, 0.717) is 5.57 Å². The number of aliphatic hydroxyl groups is 1. The molecule has 0 bridgehead atoms. The monoisotopic (exact) mass is 391 g/mol. The van der Waals surface area contributed by atoms with Crippen LogP contribution in [0, 0.1) is 0 Å². The van der Waals surface area contributed by atoms with Crippen LogP contribution < -0.4 is 10.6 Å². The Kier molecular flexibility index (Phi) is 6.13. The van der Waals surface area contributed by atoms with Gasteiger partial charge in [-0.15, -0.1) is 0 Å². The number of nitrogens with one attached hydrogen (secondary N) is 2. The van der Waals surface area contributed by atoms with Gasteiger partial charge in [-0.3, -0.25) is 9.79 Å². The Morgan fingerprint density at radius 3 is 2.86 bits per heavy atom.